The second-order valence-corrected chi connectivity index (χ2v) is 6.31. The van der Waals surface area contributed by atoms with Crippen molar-refractivity contribution in [1.82, 2.24) is 10.2 Å². The molecule has 1 aromatic rings. The maximum absolute atomic E-state index is 12.0. The van der Waals surface area contributed by atoms with Crippen LogP contribution < -0.4 is 5.32 Å². The molecular weight excluding hydrogens is 300 g/mol. The Morgan fingerprint density at radius 3 is 2.45 bits per heavy atom. The average molecular weight is 322 g/mol. The number of nitrogens with zero attached hydrogens (tertiary/aromatic N) is 1. The third-order valence-corrected chi connectivity index (χ3v) is 4.72. The average Bonchev–Trinajstić information content (AvgIpc) is 2.55. The van der Waals surface area contributed by atoms with Crippen LogP contribution in [0.3, 0.4) is 0 Å². The summed E-state index contributed by atoms with van der Waals surface area (Å²) in [4.78, 5) is 25.8. The van der Waals surface area contributed by atoms with Gasteiger partial charge in [-0.1, -0.05) is 12.1 Å². The number of amides is 2. The standard InChI is InChI=1S/C16H22N2O3S/c1-22-14-4-2-12(3-5-14)6-9-17-16(21)18-10-7-13(8-11-18)15(19)20/h2-5,13H,6-11H2,1H3,(H,17,21)(H,19,20). The molecule has 1 saturated heterocycles. The summed E-state index contributed by atoms with van der Waals surface area (Å²) in [5.41, 5.74) is 1.20. The van der Waals surface area contributed by atoms with Crippen LogP contribution in [0.25, 0.3) is 0 Å². The van der Waals surface area contributed by atoms with E-state index in [0.717, 1.165) is 6.42 Å². The van der Waals surface area contributed by atoms with Gasteiger partial charge in [-0.15, -0.1) is 11.8 Å². The summed E-state index contributed by atoms with van der Waals surface area (Å²) in [5.74, 6) is -1.06. The Balaban J connectivity index is 1.70. The number of aliphatic carboxylic acids is 1. The highest BCUT2D eigenvalue weighted by molar-refractivity contribution is 7.98. The zero-order chi connectivity index (χ0) is 15.9. The summed E-state index contributed by atoms with van der Waals surface area (Å²) < 4.78 is 0. The van der Waals surface area contributed by atoms with Crippen molar-refractivity contribution in [3.05, 3.63) is 29.8 Å². The minimum Gasteiger partial charge on any atom is -0.481 e. The Morgan fingerprint density at radius 1 is 1.27 bits per heavy atom. The van der Waals surface area contributed by atoms with E-state index in [1.165, 1.54) is 10.5 Å². The second kappa shape index (κ2) is 8.08. The van der Waals surface area contributed by atoms with E-state index in [9.17, 15) is 9.59 Å². The lowest BCUT2D eigenvalue weighted by Crippen LogP contribution is -2.45. The SMILES string of the molecule is CSc1ccc(CCNC(=O)N2CCC(C(=O)O)CC2)cc1. The molecule has 2 N–H and O–H groups in total. The monoisotopic (exact) mass is 322 g/mol. The number of hydrogen-bond acceptors (Lipinski definition) is 3. The van der Waals surface area contributed by atoms with Crippen LogP contribution in [0.15, 0.2) is 29.2 Å². The first-order valence-electron chi connectivity index (χ1n) is 7.48. The van der Waals surface area contributed by atoms with Gasteiger partial charge < -0.3 is 15.3 Å². The molecular formula is C16H22N2O3S. The Morgan fingerprint density at radius 2 is 1.91 bits per heavy atom. The summed E-state index contributed by atoms with van der Waals surface area (Å²) >= 11 is 1.71. The number of carbonyl (C=O) groups is 2. The van der Waals surface area contributed by atoms with Crippen molar-refractivity contribution in [2.24, 2.45) is 5.92 Å². The molecule has 0 aromatic heterocycles. The van der Waals surface area contributed by atoms with E-state index in [1.54, 1.807) is 16.7 Å². The van der Waals surface area contributed by atoms with Crippen LogP contribution in [0.2, 0.25) is 0 Å². The summed E-state index contributed by atoms with van der Waals surface area (Å²) in [6.45, 7) is 1.63. The van der Waals surface area contributed by atoms with Crippen molar-refractivity contribution in [2.75, 3.05) is 25.9 Å². The molecule has 0 bridgehead atoms. The lowest BCUT2D eigenvalue weighted by atomic mass is 9.97. The van der Waals surface area contributed by atoms with Gasteiger partial charge in [-0.2, -0.15) is 0 Å². The number of benzene rings is 1. The highest BCUT2D eigenvalue weighted by Gasteiger charge is 2.26. The predicted octanol–water partition coefficient (Wildman–Crippen LogP) is 2.46. The van der Waals surface area contributed by atoms with Crippen LogP contribution in [0.5, 0.6) is 0 Å². The number of urea groups is 1. The zero-order valence-electron chi connectivity index (χ0n) is 12.7. The van der Waals surface area contributed by atoms with Crippen LogP contribution in [-0.2, 0) is 11.2 Å². The minimum absolute atomic E-state index is 0.0930. The molecule has 120 valence electrons. The molecule has 0 atom stereocenters. The molecule has 0 saturated carbocycles. The largest absolute Gasteiger partial charge is 0.481 e. The number of rotatable bonds is 5. The number of likely N-dealkylation sites (tertiary alicyclic amines) is 1. The molecule has 22 heavy (non-hydrogen) atoms. The van der Waals surface area contributed by atoms with E-state index in [0.29, 0.717) is 32.5 Å². The van der Waals surface area contributed by atoms with Gasteiger partial charge >= 0.3 is 12.0 Å². The third-order valence-electron chi connectivity index (χ3n) is 3.98. The van der Waals surface area contributed by atoms with Crippen LogP contribution in [0, 0.1) is 5.92 Å². The molecule has 0 spiro atoms. The van der Waals surface area contributed by atoms with Crippen molar-refractivity contribution in [1.29, 1.82) is 0 Å². The fraction of sp³-hybridized carbons (Fsp3) is 0.500. The quantitative estimate of drug-likeness (QED) is 0.817. The van der Waals surface area contributed by atoms with Gasteiger partial charge in [-0.05, 0) is 43.2 Å². The molecule has 2 rings (SSSR count). The third kappa shape index (κ3) is 4.66. The highest BCUT2D eigenvalue weighted by atomic mass is 32.2. The molecule has 6 heteroatoms. The maximum atomic E-state index is 12.0. The van der Waals surface area contributed by atoms with E-state index in [1.807, 2.05) is 6.26 Å². The molecule has 0 aliphatic carbocycles. The minimum atomic E-state index is -0.756. The Bertz CT molecular complexity index is 511. The van der Waals surface area contributed by atoms with Gasteiger partial charge in [0.25, 0.3) is 0 Å². The van der Waals surface area contributed by atoms with Gasteiger partial charge in [-0.25, -0.2) is 4.79 Å². The lowest BCUT2D eigenvalue weighted by molar-refractivity contribution is -0.143. The van der Waals surface area contributed by atoms with Gasteiger partial charge in [0.15, 0.2) is 0 Å². The van der Waals surface area contributed by atoms with E-state index in [4.69, 9.17) is 5.11 Å². The van der Waals surface area contributed by atoms with Crippen LogP contribution in [0.4, 0.5) is 4.79 Å². The van der Waals surface area contributed by atoms with Gasteiger partial charge in [0.05, 0.1) is 5.92 Å². The molecule has 1 aliphatic heterocycles. The zero-order valence-corrected chi connectivity index (χ0v) is 13.6. The van der Waals surface area contributed by atoms with Crippen molar-refractivity contribution >= 4 is 23.8 Å². The van der Waals surface area contributed by atoms with E-state index >= 15 is 0 Å². The summed E-state index contributed by atoms with van der Waals surface area (Å²) in [6.07, 6.45) is 3.92. The fourth-order valence-electron chi connectivity index (χ4n) is 2.55. The summed E-state index contributed by atoms with van der Waals surface area (Å²) in [7, 11) is 0. The smallest absolute Gasteiger partial charge is 0.317 e. The van der Waals surface area contributed by atoms with Gasteiger partial charge in [0.1, 0.15) is 0 Å². The molecule has 1 fully saturated rings. The lowest BCUT2D eigenvalue weighted by Gasteiger charge is -2.30. The van der Waals surface area contributed by atoms with Crippen molar-refractivity contribution in [3.63, 3.8) is 0 Å². The first-order chi connectivity index (χ1) is 10.6. The number of carbonyl (C=O) groups excluding carboxylic acids is 1. The van der Waals surface area contributed by atoms with Crippen LogP contribution in [-0.4, -0.2) is 47.9 Å². The number of hydrogen-bond donors (Lipinski definition) is 2. The maximum Gasteiger partial charge on any atom is 0.317 e. The Kier molecular flexibility index (Phi) is 6.12. The molecule has 1 heterocycles. The number of carboxylic acids is 1. The number of nitrogens with one attached hydrogen (secondary N) is 1. The van der Waals surface area contributed by atoms with Crippen LogP contribution in [0.1, 0.15) is 18.4 Å². The van der Waals surface area contributed by atoms with Crippen molar-refractivity contribution < 1.29 is 14.7 Å². The molecule has 0 unspecified atom stereocenters. The normalized spacial score (nSPS) is 15.6. The second-order valence-electron chi connectivity index (χ2n) is 5.43. The number of thioether (sulfide) groups is 1. The van der Waals surface area contributed by atoms with Crippen molar-refractivity contribution in [3.8, 4) is 0 Å². The number of carboxylic acid groups (broad SMARTS) is 1. The summed E-state index contributed by atoms with van der Waals surface area (Å²) in [5, 5.41) is 11.9. The van der Waals surface area contributed by atoms with Gasteiger partial charge in [0, 0.05) is 24.5 Å². The molecule has 1 aromatic carbocycles. The number of piperidine rings is 1. The molecule has 0 radical (unpaired) electrons. The molecule has 5 nitrogen and oxygen atoms in total. The molecule has 1 aliphatic rings. The van der Waals surface area contributed by atoms with E-state index < -0.39 is 5.97 Å². The van der Waals surface area contributed by atoms with Gasteiger partial charge in [0.2, 0.25) is 0 Å². The van der Waals surface area contributed by atoms with Gasteiger partial charge in [-0.3, -0.25) is 4.79 Å². The molecule has 2 amide bonds. The van der Waals surface area contributed by atoms with E-state index in [2.05, 4.69) is 29.6 Å². The van der Waals surface area contributed by atoms with E-state index in [-0.39, 0.29) is 11.9 Å². The van der Waals surface area contributed by atoms with Crippen LogP contribution >= 0.6 is 11.8 Å². The topological polar surface area (TPSA) is 69.6 Å². The predicted molar refractivity (Wildman–Crippen MR) is 87.3 cm³/mol. The summed E-state index contributed by atoms with van der Waals surface area (Å²) in [6, 6.07) is 8.23. The Hall–Kier alpha value is -1.69. The first-order valence-corrected chi connectivity index (χ1v) is 8.71. The van der Waals surface area contributed by atoms with Crippen molar-refractivity contribution in [2.45, 2.75) is 24.2 Å². The Labute approximate surface area is 135 Å². The first kappa shape index (κ1) is 16.7. The fourth-order valence-corrected chi connectivity index (χ4v) is 2.96. The highest BCUT2D eigenvalue weighted by Crippen LogP contribution is 2.17.